The number of carbonyl (C=O) groups excluding carboxylic acids is 1. The number of ether oxygens (including phenoxy) is 2. The molecule has 1 saturated heterocycles. The number of amides is 1. The molecule has 1 aromatic heterocycles. The zero-order valence-electron chi connectivity index (χ0n) is 12.2. The molecule has 1 aromatic carbocycles. The third-order valence-corrected chi connectivity index (χ3v) is 4.18. The van der Waals surface area contributed by atoms with Crippen LogP contribution in [-0.2, 0) is 9.53 Å². The first-order chi connectivity index (χ1) is 10.7. The van der Waals surface area contributed by atoms with Crippen molar-refractivity contribution in [1.29, 1.82) is 0 Å². The van der Waals surface area contributed by atoms with Crippen molar-refractivity contribution < 1.29 is 14.3 Å². The van der Waals surface area contributed by atoms with Crippen molar-refractivity contribution in [3.8, 4) is 5.75 Å². The van der Waals surface area contributed by atoms with Gasteiger partial charge in [-0.05, 0) is 37.5 Å². The van der Waals surface area contributed by atoms with Crippen LogP contribution in [0.25, 0.3) is 0 Å². The minimum absolute atomic E-state index is 0.0201. The highest BCUT2D eigenvalue weighted by Gasteiger charge is 2.22. The van der Waals surface area contributed by atoms with Gasteiger partial charge in [0.15, 0.2) is 6.61 Å². The quantitative estimate of drug-likeness (QED) is 0.917. The zero-order valence-corrected chi connectivity index (χ0v) is 13.1. The average Bonchev–Trinajstić information content (AvgIpc) is 3.16. The summed E-state index contributed by atoms with van der Waals surface area (Å²) in [5, 5.41) is 12.0. The highest BCUT2D eigenvalue weighted by molar-refractivity contribution is 7.15. The van der Waals surface area contributed by atoms with Crippen molar-refractivity contribution in [1.82, 2.24) is 10.2 Å². The molecule has 1 aliphatic rings. The number of nitrogens with one attached hydrogen (secondary N) is 1. The molecule has 2 heterocycles. The molecule has 0 bridgehead atoms. The van der Waals surface area contributed by atoms with E-state index in [0.29, 0.717) is 10.9 Å². The van der Waals surface area contributed by atoms with Gasteiger partial charge in [0.1, 0.15) is 16.9 Å². The molecule has 1 amide bonds. The lowest BCUT2D eigenvalue weighted by Crippen LogP contribution is -2.20. The van der Waals surface area contributed by atoms with E-state index in [4.69, 9.17) is 9.47 Å². The molecule has 0 spiro atoms. The smallest absolute Gasteiger partial charge is 0.264 e. The second-order valence-corrected chi connectivity index (χ2v) is 6.11. The Labute approximate surface area is 132 Å². The summed E-state index contributed by atoms with van der Waals surface area (Å²) in [6, 6.07) is 7.57. The molecule has 0 radical (unpaired) electrons. The Kier molecular flexibility index (Phi) is 4.65. The first-order valence-corrected chi connectivity index (χ1v) is 7.97. The Morgan fingerprint density at radius 2 is 2.41 bits per heavy atom. The summed E-state index contributed by atoms with van der Waals surface area (Å²) in [5.74, 6) is 0.420. The van der Waals surface area contributed by atoms with Crippen LogP contribution in [0.15, 0.2) is 24.3 Å². The fourth-order valence-corrected chi connectivity index (χ4v) is 3.04. The maximum absolute atomic E-state index is 11.9. The number of anilines is 1. The van der Waals surface area contributed by atoms with Crippen LogP contribution in [-0.4, -0.2) is 29.3 Å². The Morgan fingerprint density at radius 3 is 3.18 bits per heavy atom. The predicted octanol–water partition coefficient (Wildman–Crippen LogP) is 2.72. The van der Waals surface area contributed by atoms with Gasteiger partial charge in [0.25, 0.3) is 5.91 Å². The second kappa shape index (κ2) is 6.85. The first kappa shape index (κ1) is 14.9. The van der Waals surface area contributed by atoms with E-state index >= 15 is 0 Å². The van der Waals surface area contributed by atoms with Crippen molar-refractivity contribution in [2.75, 3.05) is 18.5 Å². The number of nitrogens with zero attached hydrogens (tertiary/aromatic N) is 2. The maximum Gasteiger partial charge on any atom is 0.264 e. The van der Waals surface area contributed by atoms with E-state index in [1.807, 2.05) is 31.2 Å². The first-order valence-electron chi connectivity index (χ1n) is 7.15. The summed E-state index contributed by atoms with van der Waals surface area (Å²) >= 11 is 1.35. The third kappa shape index (κ3) is 3.80. The van der Waals surface area contributed by atoms with Gasteiger partial charge in [-0.25, -0.2) is 0 Å². The zero-order chi connectivity index (χ0) is 15.4. The molecule has 1 N–H and O–H groups in total. The van der Waals surface area contributed by atoms with Gasteiger partial charge in [0.05, 0.1) is 0 Å². The summed E-state index contributed by atoms with van der Waals surface area (Å²) in [6.07, 6.45) is 2.02. The minimum atomic E-state index is -0.253. The summed E-state index contributed by atoms with van der Waals surface area (Å²) in [5.41, 5.74) is 1.09. The van der Waals surface area contributed by atoms with Gasteiger partial charge in [0, 0.05) is 6.61 Å². The number of hydrogen-bond acceptors (Lipinski definition) is 6. The lowest BCUT2D eigenvalue weighted by atomic mass is 10.2. The Morgan fingerprint density at radius 1 is 1.50 bits per heavy atom. The molecule has 1 fully saturated rings. The van der Waals surface area contributed by atoms with Gasteiger partial charge < -0.3 is 9.47 Å². The molecule has 0 aliphatic carbocycles. The van der Waals surface area contributed by atoms with Crippen LogP contribution in [0.5, 0.6) is 5.75 Å². The van der Waals surface area contributed by atoms with E-state index in [0.717, 1.165) is 30.0 Å². The Balaban J connectivity index is 1.51. The highest BCUT2D eigenvalue weighted by Crippen LogP contribution is 2.31. The summed E-state index contributed by atoms with van der Waals surface area (Å²) in [6.45, 7) is 2.68. The SMILES string of the molecule is Cc1cccc(OCC(=O)Nc2nnc(C3CCCO3)s2)c1. The Hall–Kier alpha value is -1.99. The molecular weight excluding hydrogens is 302 g/mol. The Bertz CT molecular complexity index is 653. The minimum Gasteiger partial charge on any atom is -0.484 e. The molecule has 22 heavy (non-hydrogen) atoms. The van der Waals surface area contributed by atoms with E-state index < -0.39 is 0 Å². The lowest BCUT2D eigenvalue weighted by Gasteiger charge is -2.06. The number of carbonyl (C=O) groups is 1. The van der Waals surface area contributed by atoms with Gasteiger partial charge in [-0.1, -0.05) is 23.5 Å². The standard InChI is InChI=1S/C15H17N3O3S/c1-10-4-2-5-11(8-10)21-9-13(19)16-15-18-17-14(22-15)12-6-3-7-20-12/h2,4-5,8,12H,3,6-7,9H2,1H3,(H,16,18,19). The van der Waals surface area contributed by atoms with Crippen LogP contribution in [0, 0.1) is 6.92 Å². The number of benzene rings is 1. The molecule has 6 nitrogen and oxygen atoms in total. The highest BCUT2D eigenvalue weighted by atomic mass is 32.1. The van der Waals surface area contributed by atoms with Crippen LogP contribution >= 0.6 is 11.3 Å². The number of aromatic nitrogens is 2. The molecule has 1 atom stereocenters. The summed E-state index contributed by atoms with van der Waals surface area (Å²) in [7, 11) is 0. The van der Waals surface area contributed by atoms with Crippen molar-refractivity contribution in [3.63, 3.8) is 0 Å². The van der Waals surface area contributed by atoms with Crippen molar-refractivity contribution in [2.24, 2.45) is 0 Å². The van der Waals surface area contributed by atoms with E-state index in [-0.39, 0.29) is 18.6 Å². The van der Waals surface area contributed by atoms with Gasteiger partial charge in [-0.15, -0.1) is 10.2 Å². The van der Waals surface area contributed by atoms with Gasteiger partial charge >= 0.3 is 0 Å². The molecule has 1 aliphatic heterocycles. The maximum atomic E-state index is 11.9. The topological polar surface area (TPSA) is 73.3 Å². The number of rotatable bonds is 5. The number of hydrogen-bond donors (Lipinski definition) is 1. The van der Waals surface area contributed by atoms with E-state index in [1.165, 1.54) is 11.3 Å². The van der Waals surface area contributed by atoms with Gasteiger partial charge in [-0.2, -0.15) is 0 Å². The second-order valence-electron chi connectivity index (χ2n) is 5.10. The van der Waals surface area contributed by atoms with Crippen LogP contribution in [0.3, 0.4) is 0 Å². The van der Waals surface area contributed by atoms with Crippen molar-refractivity contribution in [2.45, 2.75) is 25.9 Å². The fourth-order valence-electron chi connectivity index (χ4n) is 2.20. The average molecular weight is 319 g/mol. The van der Waals surface area contributed by atoms with E-state index in [1.54, 1.807) is 0 Å². The van der Waals surface area contributed by atoms with Gasteiger partial charge in [-0.3, -0.25) is 10.1 Å². The van der Waals surface area contributed by atoms with E-state index in [2.05, 4.69) is 15.5 Å². The van der Waals surface area contributed by atoms with Crippen LogP contribution in [0.1, 0.15) is 29.5 Å². The number of aryl methyl sites for hydroxylation is 1. The summed E-state index contributed by atoms with van der Waals surface area (Å²) < 4.78 is 11.0. The normalized spacial score (nSPS) is 17.4. The summed E-state index contributed by atoms with van der Waals surface area (Å²) in [4.78, 5) is 11.9. The molecule has 116 valence electrons. The van der Waals surface area contributed by atoms with Crippen molar-refractivity contribution >= 4 is 22.4 Å². The molecule has 1 unspecified atom stereocenters. The molecule has 7 heteroatoms. The van der Waals surface area contributed by atoms with Crippen LogP contribution in [0.4, 0.5) is 5.13 Å². The van der Waals surface area contributed by atoms with Gasteiger partial charge in [0.2, 0.25) is 5.13 Å². The molecule has 3 rings (SSSR count). The lowest BCUT2D eigenvalue weighted by molar-refractivity contribution is -0.118. The third-order valence-electron chi connectivity index (χ3n) is 3.25. The van der Waals surface area contributed by atoms with E-state index in [9.17, 15) is 4.79 Å². The monoisotopic (exact) mass is 319 g/mol. The van der Waals surface area contributed by atoms with Crippen LogP contribution < -0.4 is 10.1 Å². The van der Waals surface area contributed by atoms with Crippen molar-refractivity contribution in [3.05, 3.63) is 34.8 Å². The fraction of sp³-hybridized carbons (Fsp3) is 0.400. The predicted molar refractivity (Wildman–Crippen MR) is 83.1 cm³/mol. The van der Waals surface area contributed by atoms with Crippen LogP contribution in [0.2, 0.25) is 0 Å². The largest absolute Gasteiger partial charge is 0.484 e. The molecule has 0 saturated carbocycles. The molecule has 2 aromatic rings. The molecular formula is C15H17N3O3S.